The Morgan fingerprint density at radius 3 is 2.39 bits per heavy atom. The number of likely N-dealkylation sites (tertiary alicyclic amines) is 1. The van der Waals surface area contributed by atoms with Crippen molar-refractivity contribution in [3.05, 3.63) is 29.3 Å². The highest BCUT2D eigenvalue weighted by molar-refractivity contribution is 5.95. The van der Waals surface area contributed by atoms with E-state index in [0.717, 1.165) is 17.0 Å². The van der Waals surface area contributed by atoms with Crippen molar-refractivity contribution in [3.63, 3.8) is 0 Å². The monoisotopic (exact) mass is 258 g/mol. The minimum atomic E-state index is -1.08. The van der Waals surface area contributed by atoms with E-state index in [2.05, 4.69) is 0 Å². The third-order valence-corrected chi connectivity index (χ3v) is 2.84. The topological polar surface area (TPSA) is 86.8 Å². The minimum Gasteiger partial charge on any atom is -0.396 e. The number of β-amino-alcohol motifs (C(OH)–C–C–N with tert-alkyl or cyclic N) is 2. The van der Waals surface area contributed by atoms with Gasteiger partial charge in [0.15, 0.2) is 5.82 Å². The van der Waals surface area contributed by atoms with Crippen LogP contribution >= 0.6 is 0 Å². The molecule has 5 nitrogen and oxygen atoms in total. The van der Waals surface area contributed by atoms with Gasteiger partial charge in [-0.3, -0.25) is 4.79 Å². The molecule has 4 N–H and O–H groups in total. The fraction of sp³-hybridized carbons (Fsp3) is 0.364. The van der Waals surface area contributed by atoms with Crippen LogP contribution in [0.4, 0.5) is 14.5 Å². The number of nitrogen functional groups attached to an aromatic ring is 1. The van der Waals surface area contributed by atoms with Gasteiger partial charge < -0.3 is 20.8 Å². The number of carbonyl (C=O) groups excluding carboxylic acids is 1. The van der Waals surface area contributed by atoms with E-state index in [1.807, 2.05) is 0 Å². The van der Waals surface area contributed by atoms with E-state index in [0.29, 0.717) is 0 Å². The molecule has 2 rings (SSSR count). The van der Waals surface area contributed by atoms with Crippen LogP contribution < -0.4 is 5.73 Å². The number of hydrogen-bond donors (Lipinski definition) is 3. The second-order valence-corrected chi connectivity index (χ2v) is 4.20. The average molecular weight is 258 g/mol. The van der Waals surface area contributed by atoms with Crippen molar-refractivity contribution in [2.24, 2.45) is 0 Å². The molecule has 0 radical (unpaired) electrons. The number of hydrogen-bond acceptors (Lipinski definition) is 4. The van der Waals surface area contributed by atoms with Crippen LogP contribution in [0.3, 0.4) is 0 Å². The number of anilines is 1. The lowest BCUT2D eigenvalue weighted by atomic mass is 10.1. The first-order chi connectivity index (χ1) is 8.40. The number of rotatable bonds is 1. The van der Waals surface area contributed by atoms with Crippen LogP contribution in [0, 0.1) is 11.6 Å². The number of amides is 1. The second kappa shape index (κ2) is 4.51. The summed E-state index contributed by atoms with van der Waals surface area (Å²) in [5.41, 5.74) is 4.26. The van der Waals surface area contributed by atoms with Crippen LogP contribution in [0.15, 0.2) is 12.1 Å². The third-order valence-electron chi connectivity index (χ3n) is 2.84. The Kier molecular flexibility index (Phi) is 3.18. The molecule has 1 fully saturated rings. The molecule has 1 aromatic rings. The number of carbonyl (C=O) groups is 1. The summed E-state index contributed by atoms with van der Waals surface area (Å²) in [5, 5.41) is 18.6. The van der Waals surface area contributed by atoms with E-state index >= 15 is 0 Å². The van der Waals surface area contributed by atoms with Crippen LogP contribution in [0.5, 0.6) is 0 Å². The Labute approximate surface area is 101 Å². The van der Waals surface area contributed by atoms with E-state index in [-0.39, 0.29) is 13.1 Å². The van der Waals surface area contributed by atoms with Gasteiger partial charge in [-0.25, -0.2) is 8.78 Å². The quantitative estimate of drug-likeness (QED) is 0.605. The van der Waals surface area contributed by atoms with Crippen LogP contribution in [0.25, 0.3) is 0 Å². The molecule has 0 spiro atoms. The summed E-state index contributed by atoms with van der Waals surface area (Å²) in [6, 6.07) is 1.52. The summed E-state index contributed by atoms with van der Waals surface area (Å²) >= 11 is 0. The first-order valence-corrected chi connectivity index (χ1v) is 5.30. The van der Waals surface area contributed by atoms with Crippen molar-refractivity contribution in [2.45, 2.75) is 12.2 Å². The van der Waals surface area contributed by atoms with E-state index in [4.69, 9.17) is 5.73 Å². The van der Waals surface area contributed by atoms with Gasteiger partial charge in [0.25, 0.3) is 5.91 Å². The molecule has 2 atom stereocenters. The van der Waals surface area contributed by atoms with E-state index in [1.54, 1.807) is 0 Å². The van der Waals surface area contributed by atoms with Gasteiger partial charge in [-0.05, 0) is 12.1 Å². The molecule has 98 valence electrons. The maximum absolute atomic E-state index is 13.6. The maximum Gasteiger partial charge on any atom is 0.257 e. The van der Waals surface area contributed by atoms with Gasteiger partial charge in [-0.15, -0.1) is 0 Å². The Bertz CT molecular complexity index is 485. The molecular formula is C11H12F2N2O3. The van der Waals surface area contributed by atoms with Gasteiger partial charge in [0.1, 0.15) is 5.82 Å². The zero-order chi connectivity index (χ0) is 13.4. The summed E-state index contributed by atoms with van der Waals surface area (Å²) in [4.78, 5) is 13.0. The lowest BCUT2D eigenvalue weighted by molar-refractivity contribution is 0.0572. The van der Waals surface area contributed by atoms with Crippen molar-refractivity contribution >= 4 is 11.6 Å². The SMILES string of the molecule is Nc1cc(F)cc(C(=O)N2C[C@@H](O)[C@@H](O)C2)c1F. The highest BCUT2D eigenvalue weighted by atomic mass is 19.1. The van der Waals surface area contributed by atoms with E-state index in [9.17, 15) is 23.8 Å². The predicted molar refractivity (Wildman–Crippen MR) is 58.7 cm³/mol. The Morgan fingerprint density at radius 2 is 1.83 bits per heavy atom. The average Bonchev–Trinajstić information content (AvgIpc) is 2.63. The zero-order valence-corrected chi connectivity index (χ0v) is 9.31. The number of halogens is 2. The van der Waals surface area contributed by atoms with Gasteiger partial charge in [-0.2, -0.15) is 0 Å². The van der Waals surface area contributed by atoms with Crippen molar-refractivity contribution in [2.75, 3.05) is 18.8 Å². The first kappa shape index (κ1) is 12.7. The highest BCUT2D eigenvalue weighted by Crippen LogP contribution is 2.21. The first-order valence-electron chi connectivity index (χ1n) is 5.30. The number of benzene rings is 1. The van der Waals surface area contributed by atoms with Gasteiger partial charge >= 0.3 is 0 Å². The Balaban J connectivity index is 2.30. The largest absolute Gasteiger partial charge is 0.396 e. The standard InChI is InChI=1S/C11H12F2N2O3/c12-5-1-6(10(13)7(14)2-5)11(18)15-3-8(16)9(17)4-15/h1-2,8-9,16-17H,3-4,14H2/t8-,9+. The summed E-state index contributed by atoms with van der Waals surface area (Å²) < 4.78 is 26.7. The molecule has 18 heavy (non-hydrogen) atoms. The molecule has 1 saturated heterocycles. The molecule has 0 bridgehead atoms. The second-order valence-electron chi connectivity index (χ2n) is 4.20. The molecule has 1 aromatic carbocycles. The predicted octanol–water partition coefficient (Wildman–Crippen LogP) is -0.275. The van der Waals surface area contributed by atoms with Gasteiger partial charge in [-0.1, -0.05) is 0 Å². The molecule has 1 aliphatic rings. The molecule has 1 aliphatic heterocycles. The van der Waals surface area contributed by atoms with Gasteiger partial charge in [0.2, 0.25) is 0 Å². The van der Waals surface area contributed by atoms with Crippen molar-refractivity contribution in [3.8, 4) is 0 Å². The number of aliphatic hydroxyl groups excluding tert-OH is 2. The Morgan fingerprint density at radius 1 is 1.28 bits per heavy atom. The lowest BCUT2D eigenvalue weighted by Crippen LogP contribution is -2.30. The Hall–Kier alpha value is -1.73. The van der Waals surface area contributed by atoms with Crippen LogP contribution in [0.1, 0.15) is 10.4 Å². The molecule has 0 aliphatic carbocycles. The van der Waals surface area contributed by atoms with Crippen LogP contribution in [-0.2, 0) is 0 Å². The molecule has 0 unspecified atom stereocenters. The summed E-state index contributed by atoms with van der Waals surface area (Å²) in [6.45, 7) is -0.258. The molecule has 0 aromatic heterocycles. The summed E-state index contributed by atoms with van der Waals surface area (Å²) in [6.07, 6.45) is -2.16. The minimum absolute atomic E-state index is 0.129. The van der Waals surface area contributed by atoms with Crippen LogP contribution in [0.2, 0.25) is 0 Å². The number of nitrogens with two attached hydrogens (primary N) is 1. The number of nitrogens with zero attached hydrogens (tertiary/aromatic N) is 1. The van der Waals surface area contributed by atoms with Crippen molar-refractivity contribution in [1.82, 2.24) is 4.90 Å². The van der Waals surface area contributed by atoms with Crippen molar-refractivity contribution < 1.29 is 23.8 Å². The molecule has 1 amide bonds. The third kappa shape index (κ3) is 2.14. The van der Waals surface area contributed by atoms with E-state index < -0.39 is 41.0 Å². The number of aliphatic hydroxyl groups is 2. The fourth-order valence-corrected chi connectivity index (χ4v) is 1.87. The van der Waals surface area contributed by atoms with Gasteiger partial charge in [0.05, 0.1) is 23.5 Å². The lowest BCUT2D eigenvalue weighted by Gasteiger charge is -2.16. The van der Waals surface area contributed by atoms with Crippen LogP contribution in [-0.4, -0.2) is 46.3 Å². The highest BCUT2D eigenvalue weighted by Gasteiger charge is 2.34. The van der Waals surface area contributed by atoms with Gasteiger partial charge in [0, 0.05) is 13.1 Å². The molecule has 7 heteroatoms. The molecule has 0 saturated carbocycles. The molecular weight excluding hydrogens is 246 g/mol. The fourth-order valence-electron chi connectivity index (χ4n) is 1.87. The summed E-state index contributed by atoms with van der Waals surface area (Å²) in [7, 11) is 0. The normalized spacial score (nSPS) is 23.4. The zero-order valence-electron chi connectivity index (χ0n) is 9.31. The molecule has 1 heterocycles. The summed E-state index contributed by atoms with van der Waals surface area (Å²) in [5.74, 6) is -2.64. The smallest absolute Gasteiger partial charge is 0.257 e. The van der Waals surface area contributed by atoms with E-state index in [1.165, 1.54) is 0 Å². The maximum atomic E-state index is 13.6. The van der Waals surface area contributed by atoms with Crippen molar-refractivity contribution in [1.29, 1.82) is 0 Å².